The Bertz CT molecular complexity index is 158. The molecule has 0 saturated carbocycles. The summed E-state index contributed by atoms with van der Waals surface area (Å²) in [6.45, 7) is 4.06. The van der Waals surface area contributed by atoms with Crippen molar-refractivity contribution in [2.75, 3.05) is 0 Å². The van der Waals surface area contributed by atoms with Gasteiger partial charge in [0.2, 0.25) is 0 Å². The van der Waals surface area contributed by atoms with Crippen LogP contribution in [0.25, 0.3) is 0 Å². The highest BCUT2D eigenvalue weighted by molar-refractivity contribution is 7.96. The van der Waals surface area contributed by atoms with E-state index in [1.807, 2.05) is 13.8 Å². The highest BCUT2D eigenvalue weighted by atomic mass is 32.1. The molecule has 1 aliphatic rings. The van der Waals surface area contributed by atoms with Crippen molar-refractivity contribution in [1.82, 2.24) is 0 Å². The number of rotatable bonds is 2. The molecule has 0 radical (unpaired) electrons. The van der Waals surface area contributed by atoms with Crippen LogP contribution in [0.5, 0.6) is 0 Å². The molecule has 0 aromatic carbocycles. The smallest absolute Gasteiger partial charge is 0.186 e. The van der Waals surface area contributed by atoms with E-state index < -0.39 is 0 Å². The molecule has 11 heavy (non-hydrogen) atoms. The third kappa shape index (κ3) is 2.49. The maximum atomic E-state index is 10.7. The van der Waals surface area contributed by atoms with Gasteiger partial charge < -0.3 is 4.74 Å². The van der Waals surface area contributed by atoms with Crippen LogP contribution < -0.4 is 0 Å². The first-order valence-electron chi connectivity index (χ1n) is 3.97. The zero-order chi connectivity index (χ0) is 8.43. The van der Waals surface area contributed by atoms with Gasteiger partial charge in [-0.3, -0.25) is 4.79 Å². The summed E-state index contributed by atoms with van der Waals surface area (Å²) < 4.78 is 5.49. The molecule has 1 fully saturated rings. The third-order valence-corrected chi connectivity index (χ3v) is 2.36. The van der Waals surface area contributed by atoms with E-state index >= 15 is 0 Å². The maximum absolute atomic E-state index is 10.7. The molecule has 2 nitrogen and oxygen atoms in total. The van der Waals surface area contributed by atoms with Gasteiger partial charge in [-0.1, -0.05) is 0 Å². The van der Waals surface area contributed by atoms with Crippen LogP contribution in [-0.4, -0.2) is 17.3 Å². The van der Waals surface area contributed by atoms with Gasteiger partial charge >= 0.3 is 0 Å². The van der Waals surface area contributed by atoms with E-state index in [9.17, 15) is 4.79 Å². The first kappa shape index (κ1) is 9.07. The van der Waals surface area contributed by atoms with Crippen molar-refractivity contribution >= 4 is 17.7 Å². The minimum absolute atomic E-state index is 0.0282. The lowest BCUT2D eigenvalue weighted by Gasteiger charge is -2.10. The SMILES string of the molecule is CC1CC(CC(=O)S)C(C)O1. The average Bonchev–Trinajstić information content (AvgIpc) is 2.09. The van der Waals surface area contributed by atoms with Crippen LogP contribution in [0.3, 0.4) is 0 Å². The van der Waals surface area contributed by atoms with E-state index in [1.54, 1.807) is 0 Å². The van der Waals surface area contributed by atoms with Crippen molar-refractivity contribution in [1.29, 1.82) is 0 Å². The van der Waals surface area contributed by atoms with Gasteiger partial charge in [0.1, 0.15) is 0 Å². The third-order valence-electron chi connectivity index (χ3n) is 2.18. The molecule has 3 atom stereocenters. The summed E-state index contributed by atoms with van der Waals surface area (Å²) in [5, 5.41) is -0.0282. The van der Waals surface area contributed by atoms with Gasteiger partial charge in [0, 0.05) is 6.42 Å². The molecule has 0 bridgehead atoms. The Hall–Kier alpha value is -0.0200. The van der Waals surface area contributed by atoms with E-state index in [2.05, 4.69) is 12.6 Å². The molecular formula is C8H14O2S. The lowest BCUT2D eigenvalue weighted by atomic mass is 9.98. The predicted molar refractivity (Wildman–Crippen MR) is 46.7 cm³/mol. The Labute approximate surface area is 72.7 Å². The second-order valence-corrected chi connectivity index (χ2v) is 3.74. The summed E-state index contributed by atoms with van der Waals surface area (Å²) >= 11 is 3.75. The van der Waals surface area contributed by atoms with Gasteiger partial charge in [0.25, 0.3) is 0 Å². The largest absolute Gasteiger partial charge is 0.375 e. The standard InChI is InChI=1S/C8H14O2S/c1-5-3-7(4-8(9)11)6(2)10-5/h5-7H,3-4H2,1-2H3,(H,9,11). The number of hydrogen-bond donors (Lipinski definition) is 1. The number of carbonyl (C=O) groups excluding carboxylic acids is 1. The molecule has 3 heteroatoms. The Morgan fingerprint density at radius 1 is 1.64 bits per heavy atom. The van der Waals surface area contributed by atoms with Gasteiger partial charge in [-0.05, 0) is 26.2 Å². The van der Waals surface area contributed by atoms with Crippen LogP contribution in [0.15, 0.2) is 0 Å². The molecule has 0 spiro atoms. The summed E-state index contributed by atoms with van der Waals surface area (Å²) in [5.74, 6) is 0.384. The molecule has 0 aromatic heterocycles. The second-order valence-electron chi connectivity index (χ2n) is 3.25. The highest BCUT2D eigenvalue weighted by Crippen LogP contribution is 2.28. The van der Waals surface area contributed by atoms with Gasteiger partial charge in [-0.2, -0.15) is 0 Å². The van der Waals surface area contributed by atoms with Gasteiger partial charge in [0.05, 0.1) is 12.2 Å². The van der Waals surface area contributed by atoms with Crippen LogP contribution in [0.2, 0.25) is 0 Å². The zero-order valence-corrected chi connectivity index (χ0v) is 7.80. The fourth-order valence-corrected chi connectivity index (χ4v) is 1.86. The van der Waals surface area contributed by atoms with E-state index in [1.165, 1.54) is 0 Å². The molecule has 0 N–H and O–H groups in total. The maximum Gasteiger partial charge on any atom is 0.186 e. The van der Waals surface area contributed by atoms with Crippen LogP contribution >= 0.6 is 12.6 Å². The number of hydrogen-bond acceptors (Lipinski definition) is 2. The zero-order valence-electron chi connectivity index (χ0n) is 6.91. The quantitative estimate of drug-likeness (QED) is 0.644. The van der Waals surface area contributed by atoms with Crippen molar-refractivity contribution in [3.63, 3.8) is 0 Å². The van der Waals surface area contributed by atoms with Crippen LogP contribution in [0, 0.1) is 5.92 Å². The molecule has 64 valence electrons. The Morgan fingerprint density at radius 3 is 2.64 bits per heavy atom. The molecule has 1 saturated heterocycles. The lowest BCUT2D eigenvalue weighted by Crippen LogP contribution is -2.13. The Kier molecular flexibility index (Phi) is 2.96. The fraction of sp³-hybridized carbons (Fsp3) is 0.875. The van der Waals surface area contributed by atoms with E-state index in [4.69, 9.17) is 4.74 Å². The summed E-state index contributed by atoms with van der Waals surface area (Å²) in [7, 11) is 0. The number of ether oxygens (including phenoxy) is 1. The predicted octanol–water partition coefficient (Wildman–Crippen LogP) is 1.65. The summed E-state index contributed by atoms with van der Waals surface area (Å²) in [6.07, 6.45) is 2.08. The molecule has 0 aromatic rings. The molecular weight excluding hydrogens is 160 g/mol. The number of carbonyl (C=O) groups is 1. The Morgan fingerprint density at radius 2 is 2.27 bits per heavy atom. The lowest BCUT2D eigenvalue weighted by molar-refractivity contribution is -0.112. The Balaban J connectivity index is 2.40. The van der Waals surface area contributed by atoms with Crippen molar-refractivity contribution in [3.8, 4) is 0 Å². The van der Waals surface area contributed by atoms with Crippen molar-refractivity contribution < 1.29 is 9.53 Å². The number of thiol groups is 1. The summed E-state index contributed by atoms with van der Waals surface area (Å²) in [4.78, 5) is 10.7. The summed E-state index contributed by atoms with van der Waals surface area (Å²) in [5.41, 5.74) is 0. The van der Waals surface area contributed by atoms with Crippen molar-refractivity contribution in [2.45, 2.75) is 38.9 Å². The van der Waals surface area contributed by atoms with E-state index in [0.29, 0.717) is 18.4 Å². The first-order chi connectivity index (χ1) is 5.09. The average molecular weight is 174 g/mol. The minimum atomic E-state index is -0.0282. The van der Waals surface area contributed by atoms with Crippen molar-refractivity contribution in [2.24, 2.45) is 5.92 Å². The van der Waals surface area contributed by atoms with Crippen LogP contribution in [0.1, 0.15) is 26.7 Å². The normalized spacial score (nSPS) is 37.5. The summed E-state index contributed by atoms with van der Waals surface area (Å²) in [6, 6.07) is 0. The van der Waals surface area contributed by atoms with Gasteiger partial charge in [-0.15, -0.1) is 12.6 Å². The monoisotopic (exact) mass is 174 g/mol. The van der Waals surface area contributed by atoms with Gasteiger partial charge in [-0.25, -0.2) is 0 Å². The first-order valence-corrected chi connectivity index (χ1v) is 4.41. The second kappa shape index (κ2) is 3.59. The minimum Gasteiger partial charge on any atom is -0.375 e. The van der Waals surface area contributed by atoms with Crippen LogP contribution in [0.4, 0.5) is 0 Å². The van der Waals surface area contributed by atoms with Gasteiger partial charge in [0.15, 0.2) is 5.12 Å². The van der Waals surface area contributed by atoms with Crippen LogP contribution in [-0.2, 0) is 9.53 Å². The molecule has 1 aliphatic heterocycles. The molecule has 1 heterocycles. The molecule has 0 amide bonds. The molecule has 0 aliphatic carbocycles. The van der Waals surface area contributed by atoms with E-state index in [0.717, 1.165) is 6.42 Å². The molecule has 3 unspecified atom stereocenters. The van der Waals surface area contributed by atoms with E-state index in [-0.39, 0.29) is 11.2 Å². The highest BCUT2D eigenvalue weighted by Gasteiger charge is 2.30. The fourth-order valence-electron chi connectivity index (χ4n) is 1.62. The van der Waals surface area contributed by atoms with Crippen molar-refractivity contribution in [3.05, 3.63) is 0 Å². The molecule has 1 rings (SSSR count). The topological polar surface area (TPSA) is 26.3 Å².